The van der Waals surface area contributed by atoms with Gasteiger partial charge in [0.15, 0.2) is 0 Å². The summed E-state index contributed by atoms with van der Waals surface area (Å²) >= 11 is 1.32. The van der Waals surface area contributed by atoms with Crippen molar-refractivity contribution in [2.45, 2.75) is 38.3 Å². The number of amides is 2. The largest absolute Gasteiger partial charge is 0.377 e. The highest BCUT2D eigenvalue weighted by Gasteiger charge is 2.47. The lowest BCUT2D eigenvalue weighted by Crippen LogP contribution is -2.40. The molecule has 7 nitrogen and oxygen atoms in total. The van der Waals surface area contributed by atoms with Gasteiger partial charge in [0, 0.05) is 20.1 Å². The zero-order valence-corrected chi connectivity index (χ0v) is 16.2. The number of carbonyl (C=O) groups is 2. The SMILES string of the molecule is COCc1nnc(N2CC(C(=O)NC3(c4ccc(C)cc4)CC3)CC2=O)s1. The van der Waals surface area contributed by atoms with Crippen LogP contribution in [-0.2, 0) is 26.5 Å². The summed E-state index contributed by atoms with van der Waals surface area (Å²) in [5, 5.41) is 12.5. The van der Waals surface area contributed by atoms with Crippen molar-refractivity contribution in [2.24, 2.45) is 5.92 Å². The van der Waals surface area contributed by atoms with Gasteiger partial charge in [-0.05, 0) is 25.3 Å². The van der Waals surface area contributed by atoms with E-state index in [-0.39, 0.29) is 29.7 Å². The molecule has 1 aromatic carbocycles. The van der Waals surface area contributed by atoms with Crippen molar-refractivity contribution in [2.75, 3.05) is 18.6 Å². The van der Waals surface area contributed by atoms with Crippen LogP contribution in [0.2, 0.25) is 0 Å². The highest BCUT2D eigenvalue weighted by Crippen LogP contribution is 2.46. The molecule has 1 unspecified atom stereocenters. The number of nitrogens with one attached hydrogen (secondary N) is 1. The molecular formula is C19H22N4O3S. The Morgan fingerprint density at radius 3 is 2.74 bits per heavy atom. The van der Waals surface area contributed by atoms with E-state index in [4.69, 9.17) is 4.74 Å². The Morgan fingerprint density at radius 1 is 1.33 bits per heavy atom. The second-order valence-corrected chi connectivity index (χ2v) is 8.29. The Hall–Kier alpha value is -2.32. The number of hydrogen-bond donors (Lipinski definition) is 1. The van der Waals surface area contributed by atoms with Crippen molar-refractivity contribution >= 4 is 28.3 Å². The number of aryl methyl sites for hydroxylation is 1. The standard InChI is InChI=1S/C19H22N4O3S/c1-12-3-5-14(6-4-12)19(7-8-19)20-17(25)13-9-16(24)23(10-13)18-22-21-15(27-18)11-26-2/h3-6,13H,7-11H2,1-2H3,(H,20,25). The average molecular weight is 386 g/mol. The predicted octanol–water partition coefficient (Wildman–Crippen LogP) is 2.15. The molecule has 0 bridgehead atoms. The highest BCUT2D eigenvalue weighted by atomic mass is 32.1. The maximum atomic E-state index is 12.8. The van der Waals surface area contributed by atoms with Gasteiger partial charge in [-0.15, -0.1) is 10.2 Å². The first-order valence-corrected chi connectivity index (χ1v) is 9.83. The van der Waals surface area contributed by atoms with Crippen molar-refractivity contribution in [3.8, 4) is 0 Å². The Labute approximate surface area is 161 Å². The third kappa shape index (κ3) is 3.59. The predicted molar refractivity (Wildman–Crippen MR) is 101 cm³/mol. The zero-order valence-electron chi connectivity index (χ0n) is 15.4. The molecule has 1 saturated heterocycles. The Balaban J connectivity index is 1.42. The van der Waals surface area contributed by atoms with Crippen molar-refractivity contribution in [1.82, 2.24) is 15.5 Å². The molecule has 2 aromatic rings. The molecule has 2 amide bonds. The smallest absolute Gasteiger partial charge is 0.229 e. The van der Waals surface area contributed by atoms with Gasteiger partial charge in [-0.25, -0.2) is 0 Å². The minimum absolute atomic E-state index is 0.0643. The second-order valence-electron chi connectivity index (χ2n) is 7.25. The van der Waals surface area contributed by atoms with Crippen LogP contribution < -0.4 is 10.2 Å². The van der Waals surface area contributed by atoms with Gasteiger partial charge in [-0.2, -0.15) is 0 Å². The van der Waals surface area contributed by atoms with Crippen LogP contribution in [-0.4, -0.2) is 35.7 Å². The van der Waals surface area contributed by atoms with Gasteiger partial charge in [0.05, 0.1) is 11.5 Å². The molecule has 8 heteroatoms. The fourth-order valence-corrected chi connectivity index (χ4v) is 4.26. The number of benzene rings is 1. The molecule has 2 fully saturated rings. The number of rotatable bonds is 6. The number of nitrogens with zero attached hydrogens (tertiary/aromatic N) is 3. The zero-order chi connectivity index (χ0) is 19.0. The Bertz CT molecular complexity index is 860. The molecule has 0 spiro atoms. The van der Waals surface area contributed by atoms with Gasteiger partial charge >= 0.3 is 0 Å². The number of methoxy groups -OCH3 is 1. The van der Waals surface area contributed by atoms with Crippen LogP contribution in [0.4, 0.5) is 5.13 Å². The molecule has 2 heterocycles. The molecule has 1 saturated carbocycles. The average Bonchev–Trinajstić information content (AvgIpc) is 3.09. The lowest BCUT2D eigenvalue weighted by molar-refractivity contribution is -0.127. The van der Waals surface area contributed by atoms with E-state index in [1.54, 1.807) is 12.0 Å². The van der Waals surface area contributed by atoms with Crippen molar-refractivity contribution in [3.63, 3.8) is 0 Å². The van der Waals surface area contributed by atoms with Gasteiger partial charge in [0.1, 0.15) is 11.6 Å². The number of hydrogen-bond acceptors (Lipinski definition) is 6. The van der Waals surface area contributed by atoms with Crippen LogP contribution >= 0.6 is 11.3 Å². The summed E-state index contributed by atoms with van der Waals surface area (Å²) < 4.78 is 5.04. The minimum atomic E-state index is -0.366. The lowest BCUT2D eigenvalue weighted by Gasteiger charge is -2.20. The van der Waals surface area contributed by atoms with Gasteiger partial charge in [-0.1, -0.05) is 41.2 Å². The summed E-state index contributed by atoms with van der Waals surface area (Å²) in [5.41, 5.74) is 2.06. The summed E-state index contributed by atoms with van der Waals surface area (Å²) in [6, 6.07) is 8.28. The number of anilines is 1. The van der Waals surface area contributed by atoms with E-state index in [1.807, 2.05) is 6.92 Å². The summed E-state index contributed by atoms with van der Waals surface area (Å²) in [4.78, 5) is 26.8. The van der Waals surface area contributed by atoms with E-state index < -0.39 is 0 Å². The highest BCUT2D eigenvalue weighted by molar-refractivity contribution is 7.15. The molecule has 0 radical (unpaired) electrons. The Kier molecular flexibility index (Phi) is 4.69. The Morgan fingerprint density at radius 2 is 2.07 bits per heavy atom. The van der Waals surface area contributed by atoms with E-state index in [1.165, 1.54) is 16.9 Å². The van der Waals surface area contributed by atoms with Crippen LogP contribution in [0.1, 0.15) is 35.4 Å². The molecule has 1 aromatic heterocycles. The summed E-state index contributed by atoms with van der Waals surface area (Å²) in [6.07, 6.45) is 2.07. The van der Waals surface area contributed by atoms with Crippen molar-refractivity contribution < 1.29 is 14.3 Å². The van der Waals surface area contributed by atoms with Crippen LogP contribution in [0, 0.1) is 12.8 Å². The van der Waals surface area contributed by atoms with Crippen LogP contribution in [0.3, 0.4) is 0 Å². The summed E-state index contributed by atoms with van der Waals surface area (Å²) in [6.45, 7) is 2.76. The normalized spacial score (nSPS) is 20.7. The van der Waals surface area contributed by atoms with E-state index >= 15 is 0 Å². The maximum Gasteiger partial charge on any atom is 0.229 e. The lowest BCUT2D eigenvalue weighted by atomic mass is 10.0. The van der Waals surface area contributed by atoms with Crippen molar-refractivity contribution in [1.29, 1.82) is 0 Å². The molecule has 4 rings (SSSR count). The molecule has 1 N–H and O–H groups in total. The van der Waals surface area contributed by atoms with E-state index in [0.29, 0.717) is 23.3 Å². The second kappa shape index (κ2) is 7.01. The van der Waals surface area contributed by atoms with E-state index in [0.717, 1.165) is 18.4 Å². The van der Waals surface area contributed by atoms with E-state index in [9.17, 15) is 9.59 Å². The molecule has 1 aliphatic heterocycles. The van der Waals surface area contributed by atoms with Gasteiger partial charge in [0.25, 0.3) is 0 Å². The third-order valence-corrected chi connectivity index (χ3v) is 6.09. The first-order chi connectivity index (χ1) is 13.0. The molecule has 27 heavy (non-hydrogen) atoms. The fraction of sp³-hybridized carbons (Fsp3) is 0.474. The molecule has 1 atom stereocenters. The first kappa shape index (κ1) is 18.1. The molecule has 1 aliphatic carbocycles. The monoisotopic (exact) mass is 386 g/mol. The number of ether oxygens (including phenoxy) is 1. The third-order valence-electron chi connectivity index (χ3n) is 5.17. The summed E-state index contributed by atoms with van der Waals surface area (Å²) in [5.74, 6) is -0.517. The summed E-state index contributed by atoms with van der Waals surface area (Å²) in [7, 11) is 1.59. The van der Waals surface area contributed by atoms with Crippen molar-refractivity contribution in [3.05, 3.63) is 40.4 Å². The first-order valence-electron chi connectivity index (χ1n) is 9.01. The minimum Gasteiger partial charge on any atom is -0.377 e. The van der Waals surface area contributed by atoms with Gasteiger partial charge in [0.2, 0.25) is 16.9 Å². The quantitative estimate of drug-likeness (QED) is 0.822. The van der Waals surface area contributed by atoms with Crippen LogP contribution in [0.5, 0.6) is 0 Å². The van der Waals surface area contributed by atoms with Crippen LogP contribution in [0.25, 0.3) is 0 Å². The molecule has 142 valence electrons. The number of aromatic nitrogens is 2. The van der Waals surface area contributed by atoms with E-state index in [2.05, 4.69) is 39.8 Å². The maximum absolute atomic E-state index is 12.8. The van der Waals surface area contributed by atoms with Crippen LogP contribution in [0.15, 0.2) is 24.3 Å². The topological polar surface area (TPSA) is 84.4 Å². The number of carbonyl (C=O) groups excluding carboxylic acids is 2. The van der Waals surface area contributed by atoms with Gasteiger partial charge in [-0.3, -0.25) is 14.5 Å². The fourth-order valence-electron chi connectivity index (χ4n) is 3.43. The molecular weight excluding hydrogens is 364 g/mol. The van der Waals surface area contributed by atoms with Gasteiger partial charge < -0.3 is 10.1 Å². The molecule has 2 aliphatic rings.